The van der Waals surface area contributed by atoms with Crippen LogP contribution in [0.25, 0.3) is 11.0 Å². The van der Waals surface area contributed by atoms with Gasteiger partial charge in [0.2, 0.25) is 0 Å². The van der Waals surface area contributed by atoms with Crippen LogP contribution in [-0.2, 0) is 9.84 Å². The zero-order valence-corrected chi connectivity index (χ0v) is 19.8. The molecule has 32 heavy (non-hydrogen) atoms. The molecule has 7 nitrogen and oxygen atoms in total. The van der Waals surface area contributed by atoms with Gasteiger partial charge in [-0.3, -0.25) is 4.79 Å². The fourth-order valence-corrected chi connectivity index (χ4v) is 6.64. The minimum atomic E-state index is -3.08. The second-order valence-electron chi connectivity index (χ2n) is 9.05. The highest BCUT2D eigenvalue weighted by Crippen LogP contribution is 2.41. The van der Waals surface area contributed by atoms with E-state index in [1.165, 1.54) is 0 Å². The first kappa shape index (κ1) is 21.4. The Hall–Kier alpha value is -2.45. The summed E-state index contributed by atoms with van der Waals surface area (Å²) in [6.07, 6.45) is 2.58. The molecular weight excluding hydrogens is 448 g/mol. The maximum absolute atomic E-state index is 13.5. The van der Waals surface area contributed by atoms with Gasteiger partial charge in [0, 0.05) is 11.6 Å². The molecular formula is C23H25ClN4O3S. The first-order valence-electron chi connectivity index (χ1n) is 10.8. The Morgan fingerprint density at radius 3 is 2.53 bits per heavy atom. The third kappa shape index (κ3) is 3.79. The predicted octanol–water partition coefficient (Wildman–Crippen LogP) is 4.50. The number of rotatable bonds is 4. The van der Waals surface area contributed by atoms with Gasteiger partial charge in [-0.05, 0) is 63.3 Å². The van der Waals surface area contributed by atoms with Gasteiger partial charge in [-0.1, -0.05) is 17.7 Å². The summed E-state index contributed by atoms with van der Waals surface area (Å²) in [6, 6.07) is 5.40. The molecule has 168 valence electrons. The lowest BCUT2D eigenvalue weighted by Crippen LogP contribution is -2.16. The van der Waals surface area contributed by atoms with Gasteiger partial charge in [-0.25, -0.2) is 18.1 Å². The molecule has 2 aliphatic rings. The Morgan fingerprint density at radius 1 is 1.16 bits per heavy atom. The first-order valence-corrected chi connectivity index (χ1v) is 13.0. The van der Waals surface area contributed by atoms with Gasteiger partial charge in [0.1, 0.15) is 0 Å². The van der Waals surface area contributed by atoms with E-state index in [9.17, 15) is 13.2 Å². The molecule has 0 unspecified atom stereocenters. The molecule has 9 heteroatoms. The first-order chi connectivity index (χ1) is 15.1. The van der Waals surface area contributed by atoms with E-state index in [0.29, 0.717) is 45.3 Å². The Bertz CT molecular complexity index is 1350. The minimum absolute atomic E-state index is 0.0538. The van der Waals surface area contributed by atoms with Crippen molar-refractivity contribution < 1.29 is 13.2 Å². The Kier molecular flexibility index (Phi) is 5.05. The van der Waals surface area contributed by atoms with Crippen LogP contribution in [-0.4, -0.2) is 40.6 Å². The molecule has 3 aromatic rings. The number of nitrogens with zero attached hydrogens (tertiary/aromatic N) is 3. The van der Waals surface area contributed by atoms with E-state index < -0.39 is 9.84 Å². The molecule has 3 heterocycles. The molecule has 1 N–H and O–H groups in total. The zero-order chi connectivity index (χ0) is 22.8. The Labute approximate surface area is 192 Å². The van der Waals surface area contributed by atoms with Crippen LogP contribution in [0.5, 0.6) is 0 Å². The van der Waals surface area contributed by atoms with Crippen molar-refractivity contribution in [1.82, 2.24) is 14.8 Å². The summed E-state index contributed by atoms with van der Waals surface area (Å²) in [7, 11) is -3.08. The van der Waals surface area contributed by atoms with Crippen molar-refractivity contribution in [3.05, 3.63) is 51.3 Å². The van der Waals surface area contributed by atoms with Crippen molar-refractivity contribution in [1.29, 1.82) is 0 Å². The lowest BCUT2D eigenvalue weighted by atomic mass is 10.1. The van der Waals surface area contributed by atoms with Gasteiger partial charge in [0.15, 0.2) is 15.5 Å². The van der Waals surface area contributed by atoms with E-state index in [1.54, 1.807) is 4.68 Å². The van der Waals surface area contributed by atoms with Gasteiger partial charge in [-0.2, -0.15) is 5.10 Å². The monoisotopic (exact) mass is 472 g/mol. The number of hydrogen-bond acceptors (Lipinski definition) is 5. The average molecular weight is 473 g/mol. The van der Waals surface area contributed by atoms with Gasteiger partial charge in [-0.15, -0.1) is 0 Å². The smallest absolute Gasteiger partial charge is 0.256 e. The van der Waals surface area contributed by atoms with Crippen molar-refractivity contribution in [2.45, 2.75) is 52.0 Å². The summed E-state index contributed by atoms with van der Waals surface area (Å²) in [5.41, 5.74) is 5.11. The van der Waals surface area contributed by atoms with Crippen molar-refractivity contribution >= 4 is 44.1 Å². The number of carbonyl (C=O) groups excluding carboxylic acids is 1. The second kappa shape index (κ2) is 7.56. The highest BCUT2D eigenvalue weighted by molar-refractivity contribution is 7.91. The fraction of sp³-hybridized carbons (Fsp3) is 0.435. The fourth-order valence-electron chi connectivity index (χ4n) is 4.58. The molecule has 1 saturated heterocycles. The lowest BCUT2D eigenvalue weighted by molar-refractivity contribution is 0.102. The topological polar surface area (TPSA) is 93.9 Å². The van der Waals surface area contributed by atoms with Crippen LogP contribution in [0.4, 0.5) is 5.69 Å². The third-order valence-corrected chi connectivity index (χ3v) is 8.37. The summed E-state index contributed by atoms with van der Waals surface area (Å²) in [6.45, 7) is 5.71. The number of aromatic nitrogens is 3. The molecule has 1 amide bonds. The number of carbonyl (C=O) groups is 1. The van der Waals surface area contributed by atoms with Crippen molar-refractivity contribution in [2.75, 3.05) is 16.8 Å². The van der Waals surface area contributed by atoms with Crippen molar-refractivity contribution in [3.63, 3.8) is 0 Å². The van der Waals surface area contributed by atoms with E-state index in [0.717, 1.165) is 29.7 Å². The maximum Gasteiger partial charge on any atom is 0.256 e. The van der Waals surface area contributed by atoms with Gasteiger partial charge >= 0.3 is 0 Å². The van der Waals surface area contributed by atoms with E-state index >= 15 is 0 Å². The number of anilines is 1. The second-order valence-corrected chi connectivity index (χ2v) is 11.7. The molecule has 1 aliphatic carbocycles. The van der Waals surface area contributed by atoms with Gasteiger partial charge in [0.25, 0.3) is 5.91 Å². The van der Waals surface area contributed by atoms with E-state index in [2.05, 4.69) is 10.4 Å². The van der Waals surface area contributed by atoms with Crippen LogP contribution in [0.3, 0.4) is 0 Å². The van der Waals surface area contributed by atoms with Crippen LogP contribution in [0.15, 0.2) is 18.2 Å². The minimum Gasteiger partial charge on any atom is -0.320 e. The summed E-state index contributed by atoms with van der Waals surface area (Å²) in [5, 5.41) is 8.78. The Balaban J connectivity index is 1.62. The highest BCUT2D eigenvalue weighted by Gasteiger charge is 2.34. The molecule has 0 spiro atoms. The molecule has 0 bridgehead atoms. The molecule has 1 aliphatic heterocycles. The molecule has 1 saturated carbocycles. The third-order valence-electron chi connectivity index (χ3n) is 6.32. The van der Waals surface area contributed by atoms with Crippen LogP contribution in [0.1, 0.15) is 64.1 Å². The van der Waals surface area contributed by atoms with E-state index in [-0.39, 0.29) is 23.5 Å². The van der Waals surface area contributed by atoms with Crippen molar-refractivity contribution in [3.8, 4) is 0 Å². The number of hydrogen-bond donors (Lipinski definition) is 1. The summed E-state index contributed by atoms with van der Waals surface area (Å²) in [5.74, 6) is 0.262. The summed E-state index contributed by atoms with van der Waals surface area (Å²) >= 11 is 6.42. The quantitative estimate of drug-likeness (QED) is 0.603. The van der Waals surface area contributed by atoms with Crippen LogP contribution in [0.2, 0.25) is 5.02 Å². The normalized spacial score (nSPS) is 20.1. The summed E-state index contributed by atoms with van der Waals surface area (Å²) in [4.78, 5) is 18.3. The molecule has 1 aromatic carbocycles. The number of halogens is 1. The van der Waals surface area contributed by atoms with Gasteiger partial charge in [0.05, 0.1) is 44.9 Å². The molecule has 2 fully saturated rings. The van der Waals surface area contributed by atoms with Crippen LogP contribution >= 0.6 is 11.6 Å². The number of sulfone groups is 1. The number of nitrogens with one attached hydrogen (secondary N) is 1. The zero-order valence-electron chi connectivity index (χ0n) is 18.3. The van der Waals surface area contributed by atoms with Crippen molar-refractivity contribution in [2.24, 2.45) is 0 Å². The number of amides is 1. The van der Waals surface area contributed by atoms with E-state index in [1.807, 2.05) is 39.0 Å². The highest BCUT2D eigenvalue weighted by atomic mass is 35.5. The molecule has 1 atom stereocenters. The largest absolute Gasteiger partial charge is 0.320 e. The number of pyridine rings is 1. The number of aryl methyl sites for hydroxylation is 3. The Morgan fingerprint density at radius 2 is 1.91 bits per heavy atom. The standard InChI is InChI=1S/C23H25ClN4O3S/c1-12-8-13(2)21(18(24)9-12)26-23(29)17-10-19(15-4-5-15)25-22-20(17)14(3)27-28(22)16-6-7-32(30,31)11-16/h8-10,15-16H,4-7,11H2,1-3H3,(H,26,29)/t16-/m1/s1. The molecule has 2 aromatic heterocycles. The van der Waals surface area contributed by atoms with E-state index in [4.69, 9.17) is 16.6 Å². The number of fused-ring (bicyclic) bond motifs is 1. The predicted molar refractivity (Wildman–Crippen MR) is 125 cm³/mol. The molecule has 5 rings (SSSR count). The summed E-state index contributed by atoms with van der Waals surface area (Å²) < 4.78 is 25.9. The number of benzene rings is 1. The SMILES string of the molecule is Cc1cc(C)c(NC(=O)c2cc(C3CC3)nc3c2c(C)nn3[C@@H]2CCS(=O)(=O)C2)c(Cl)c1. The van der Waals surface area contributed by atoms with Crippen LogP contribution in [0, 0.1) is 20.8 Å². The average Bonchev–Trinajstić information content (AvgIpc) is 3.43. The van der Waals surface area contributed by atoms with Gasteiger partial charge < -0.3 is 5.32 Å². The lowest BCUT2D eigenvalue weighted by Gasteiger charge is -2.14. The maximum atomic E-state index is 13.5. The molecule has 0 radical (unpaired) electrons. The van der Waals surface area contributed by atoms with Crippen LogP contribution < -0.4 is 5.32 Å².